The van der Waals surface area contributed by atoms with Crippen molar-refractivity contribution in [2.24, 2.45) is 5.73 Å². The van der Waals surface area contributed by atoms with E-state index in [1.807, 2.05) is 0 Å². The fraction of sp³-hybridized carbons (Fsp3) is 0.333. The van der Waals surface area contributed by atoms with Gasteiger partial charge in [0.1, 0.15) is 10.9 Å². The summed E-state index contributed by atoms with van der Waals surface area (Å²) in [6, 6.07) is 7.05. The van der Waals surface area contributed by atoms with Crippen LogP contribution in [0.5, 0.6) is 0 Å². The van der Waals surface area contributed by atoms with Crippen molar-refractivity contribution in [1.29, 1.82) is 0 Å². The van der Waals surface area contributed by atoms with Crippen LogP contribution in [-0.2, 0) is 19.1 Å². The quantitative estimate of drug-likeness (QED) is 0.601. The number of hydrogen-bond donors (Lipinski definition) is 1. The highest BCUT2D eigenvalue weighted by atomic mass is 32.2. The minimum Gasteiger partial charge on any atom is -0.376 e. The number of carbonyl (C=O) groups excluding carboxylic acids is 3. The van der Waals surface area contributed by atoms with Gasteiger partial charge in [-0.2, -0.15) is 0 Å². The molecule has 0 aliphatic carbocycles. The van der Waals surface area contributed by atoms with Crippen molar-refractivity contribution in [2.45, 2.75) is 18.9 Å². The second kappa shape index (κ2) is 7.06. The van der Waals surface area contributed by atoms with E-state index >= 15 is 0 Å². The zero-order valence-electron chi connectivity index (χ0n) is 14.3. The van der Waals surface area contributed by atoms with Crippen LogP contribution in [0.25, 0.3) is 5.57 Å². The fourth-order valence-corrected chi connectivity index (χ4v) is 4.86. The van der Waals surface area contributed by atoms with Gasteiger partial charge in [-0.15, -0.1) is 0 Å². The van der Waals surface area contributed by atoms with E-state index in [9.17, 15) is 14.4 Å². The summed E-state index contributed by atoms with van der Waals surface area (Å²) in [5, 5.41) is 0. The Kier molecular flexibility index (Phi) is 4.75. The molecule has 1 atom stereocenters. The number of ether oxygens (including phenoxy) is 1. The van der Waals surface area contributed by atoms with E-state index in [-0.39, 0.29) is 24.1 Å². The summed E-state index contributed by atoms with van der Waals surface area (Å²) in [5.74, 6) is -1.32. The Balaban J connectivity index is 1.71. The molecule has 9 heteroatoms. The predicted octanol–water partition coefficient (Wildman–Crippen LogP) is 1.27. The molecule has 1 aromatic rings. The normalized spacial score (nSPS) is 24.9. The number of nitrogens with two attached hydrogens (primary N) is 1. The highest BCUT2D eigenvalue weighted by Crippen LogP contribution is 2.44. The molecule has 1 aromatic carbocycles. The first-order valence-electron chi connectivity index (χ1n) is 8.56. The number of primary amides is 1. The zero-order valence-corrected chi connectivity index (χ0v) is 16.0. The lowest BCUT2D eigenvalue weighted by Gasteiger charge is -2.18. The Labute approximate surface area is 165 Å². The van der Waals surface area contributed by atoms with E-state index in [2.05, 4.69) is 0 Å². The Morgan fingerprint density at radius 1 is 1.26 bits per heavy atom. The van der Waals surface area contributed by atoms with Crippen molar-refractivity contribution < 1.29 is 19.1 Å². The van der Waals surface area contributed by atoms with Gasteiger partial charge in [0.25, 0.3) is 11.8 Å². The van der Waals surface area contributed by atoms with Crippen LogP contribution < -0.4 is 10.6 Å². The van der Waals surface area contributed by atoms with Crippen molar-refractivity contribution in [3.05, 3.63) is 34.7 Å². The molecule has 3 aliphatic rings. The monoisotopic (exact) mass is 403 g/mol. The molecule has 0 spiro atoms. The summed E-state index contributed by atoms with van der Waals surface area (Å²) in [4.78, 5) is 40.5. The summed E-state index contributed by atoms with van der Waals surface area (Å²) in [6.45, 7) is 0.840. The van der Waals surface area contributed by atoms with Gasteiger partial charge in [0.2, 0.25) is 5.91 Å². The number of para-hydroxylation sites is 1. The van der Waals surface area contributed by atoms with Gasteiger partial charge in [0.05, 0.1) is 28.8 Å². The number of hydrogen-bond acceptors (Lipinski definition) is 6. The smallest absolute Gasteiger partial charge is 0.267 e. The van der Waals surface area contributed by atoms with Crippen LogP contribution in [0.4, 0.5) is 5.69 Å². The first-order valence-corrected chi connectivity index (χ1v) is 9.79. The standard InChI is InChI=1S/C18H17N3O4S2/c19-13(22)9-20-12-6-2-1-5-11(12)14(16(20)23)15-17(24)21(18(26)27-15)8-10-4-3-7-25-10/h1-2,5-6,10H,3-4,7-9H2,(H2,19,22)/b15-14-/t10-/m0/s1. The number of amides is 3. The van der Waals surface area contributed by atoms with Gasteiger partial charge in [0, 0.05) is 12.2 Å². The maximum absolute atomic E-state index is 13.0. The Morgan fingerprint density at radius 2 is 2.04 bits per heavy atom. The van der Waals surface area contributed by atoms with Gasteiger partial charge in [-0.05, 0) is 18.9 Å². The molecule has 2 fully saturated rings. The van der Waals surface area contributed by atoms with E-state index in [0.29, 0.717) is 33.6 Å². The minimum atomic E-state index is -0.620. The maximum atomic E-state index is 13.0. The molecular formula is C18H17N3O4S2. The van der Waals surface area contributed by atoms with Crippen molar-refractivity contribution in [2.75, 3.05) is 24.6 Å². The number of thioether (sulfide) groups is 1. The minimum absolute atomic E-state index is 0.0326. The first kappa shape index (κ1) is 18.1. The average Bonchev–Trinajstić information content (AvgIpc) is 3.31. The molecular weight excluding hydrogens is 386 g/mol. The second-order valence-corrected chi connectivity index (χ2v) is 8.14. The van der Waals surface area contributed by atoms with Crippen LogP contribution >= 0.6 is 24.0 Å². The van der Waals surface area contributed by atoms with Crippen LogP contribution in [0.2, 0.25) is 0 Å². The average molecular weight is 403 g/mol. The third-order valence-corrected chi connectivity index (χ3v) is 6.17. The molecule has 27 heavy (non-hydrogen) atoms. The second-order valence-electron chi connectivity index (χ2n) is 6.50. The maximum Gasteiger partial charge on any atom is 0.267 e. The summed E-state index contributed by atoms with van der Waals surface area (Å²) in [5.41, 5.74) is 6.75. The van der Waals surface area contributed by atoms with Crippen LogP contribution in [0, 0.1) is 0 Å². The van der Waals surface area contributed by atoms with Crippen LogP contribution in [0.15, 0.2) is 29.2 Å². The molecule has 140 valence electrons. The molecule has 3 amide bonds. The van der Waals surface area contributed by atoms with Crippen molar-refractivity contribution in [3.8, 4) is 0 Å². The summed E-state index contributed by atoms with van der Waals surface area (Å²) in [6.07, 6.45) is 1.82. The lowest BCUT2D eigenvalue weighted by molar-refractivity contribution is -0.123. The molecule has 3 heterocycles. The molecule has 2 saturated heterocycles. The number of nitrogens with zero attached hydrogens (tertiary/aromatic N) is 2. The van der Waals surface area contributed by atoms with Crippen molar-refractivity contribution in [1.82, 2.24) is 4.90 Å². The number of anilines is 1. The molecule has 0 bridgehead atoms. The summed E-state index contributed by atoms with van der Waals surface area (Å²) < 4.78 is 6.02. The Hall–Kier alpha value is -2.23. The van der Waals surface area contributed by atoms with E-state index < -0.39 is 11.8 Å². The largest absolute Gasteiger partial charge is 0.376 e. The Bertz CT molecular complexity index is 892. The van der Waals surface area contributed by atoms with Gasteiger partial charge in [0.15, 0.2) is 0 Å². The summed E-state index contributed by atoms with van der Waals surface area (Å²) in [7, 11) is 0. The highest BCUT2D eigenvalue weighted by molar-refractivity contribution is 8.26. The van der Waals surface area contributed by atoms with Crippen LogP contribution in [0.3, 0.4) is 0 Å². The zero-order chi connectivity index (χ0) is 19.1. The van der Waals surface area contributed by atoms with Crippen molar-refractivity contribution >= 4 is 57.3 Å². The lowest BCUT2D eigenvalue weighted by atomic mass is 10.1. The first-order chi connectivity index (χ1) is 13.0. The number of thiocarbonyl (C=S) groups is 1. The van der Waals surface area contributed by atoms with E-state index in [0.717, 1.165) is 24.6 Å². The highest BCUT2D eigenvalue weighted by Gasteiger charge is 2.42. The molecule has 4 rings (SSSR count). The molecule has 0 saturated carbocycles. The molecule has 3 aliphatic heterocycles. The summed E-state index contributed by atoms with van der Waals surface area (Å²) >= 11 is 6.50. The van der Waals surface area contributed by atoms with Crippen LogP contribution in [-0.4, -0.2) is 52.7 Å². The lowest BCUT2D eigenvalue weighted by Crippen LogP contribution is -2.37. The molecule has 7 nitrogen and oxygen atoms in total. The Morgan fingerprint density at radius 3 is 2.74 bits per heavy atom. The predicted molar refractivity (Wildman–Crippen MR) is 106 cm³/mol. The van der Waals surface area contributed by atoms with Gasteiger partial charge in [-0.3, -0.25) is 24.2 Å². The SMILES string of the molecule is NC(=O)CN1C(=O)/C(=C2\SC(=S)N(C[C@@H]3CCCO3)C2=O)c2ccccc21. The topological polar surface area (TPSA) is 92.9 Å². The fourth-order valence-electron chi connectivity index (χ4n) is 3.51. The van der Waals surface area contributed by atoms with Gasteiger partial charge in [-0.1, -0.05) is 42.2 Å². The van der Waals surface area contributed by atoms with Gasteiger partial charge >= 0.3 is 0 Å². The molecule has 0 radical (unpaired) electrons. The van der Waals surface area contributed by atoms with E-state index in [1.165, 1.54) is 9.80 Å². The van der Waals surface area contributed by atoms with E-state index in [1.54, 1.807) is 24.3 Å². The van der Waals surface area contributed by atoms with Gasteiger partial charge < -0.3 is 10.5 Å². The van der Waals surface area contributed by atoms with Crippen molar-refractivity contribution in [3.63, 3.8) is 0 Å². The number of benzene rings is 1. The third-order valence-electron chi connectivity index (χ3n) is 4.72. The van der Waals surface area contributed by atoms with E-state index in [4.69, 9.17) is 22.7 Å². The molecule has 0 aromatic heterocycles. The van der Waals surface area contributed by atoms with Gasteiger partial charge in [-0.25, -0.2) is 0 Å². The molecule has 0 unspecified atom stereocenters. The third kappa shape index (κ3) is 3.15. The number of fused-ring (bicyclic) bond motifs is 1. The number of rotatable bonds is 4. The molecule has 2 N–H and O–H groups in total. The van der Waals surface area contributed by atoms with Crippen LogP contribution in [0.1, 0.15) is 18.4 Å². The number of carbonyl (C=O) groups is 3.